The van der Waals surface area contributed by atoms with Crippen LogP contribution in [0.3, 0.4) is 0 Å². The third-order valence-electron chi connectivity index (χ3n) is 2.71. The number of alkyl carbamates (subject to hydrolysis) is 1. The van der Waals surface area contributed by atoms with Crippen molar-refractivity contribution >= 4 is 18.0 Å². The number of carbonyl (C=O) groups excluding carboxylic acids is 2. The zero-order valence-electron chi connectivity index (χ0n) is 11.4. The summed E-state index contributed by atoms with van der Waals surface area (Å²) in [6.07, 6.45) is -0.421. The fraction of sp³-hybridized carbons (Fsp3) is 0.750. The molecule has 1 fully saturated rings. The molecule has 1 unspecified atom stereocenters. The van der Waals surface area contributed by atoms with Gasteiger partial charge in [-0.1, -0.05) is 0 Å². The van der Waals surface area contributed by atoms with E-state index in [1.807, 2.05) is 0 Å². The van der Waals surface area contributed by atoms with Crippen LogP contribution in [0.5, 0.6) is 0 Å². The number of carboxylic acid groups (broad SMARTS) is 1. The number of aliphatic carboxylic acids is 1. The Labute approximate surface area is 111 Å². The highest BCUT2D eigenvalue weighted by Gasteiger charge is 2.52. The van der Waals surface area contributed by atoms with Crippen LogP contribution in [0.2, 0.25) is 0 Å². The first-order valence-electron chi connectivity index (χ1n) is 5.96. The van der Waals surface area contributed by atoms with Gasteiger partial charge in [-0.15, -0.1) is 0 Å². The van der Waals surface area contributed by atoms with E-state index in [0.29, 0.717) is 6.42 Å². The van der Waals surface area contributed by atoms with Gasteiger partial charge >= 0.3 is 18.0 Å². The van der Waals surface area contributed by atoms with E-state index in [1.54, 1.807) is 20.8 Å². The summed E-state index contributed by atoms with van der Waals surface area (Å²) < 4.78 is 9.53. The summed E-state index contributed by atoms with van der Waals surface area (Å²) in [7, 11) is 1.24. The van der Waals surface area contributed by atoms with Crippen LogP contribution in [0.4, 0.5) is 4.79 Å². The molecule has 1 aliphatic rings. The summed E-state index contributed by atoms with van der Waals surface area (Å²) in [6, 6.07) is -1.14. The molecular weight excluding hydrogens is 254 g/mol. The first-order valence-corrected chi connectivity index (χ1v) is 5.96. The number of esters is 1. The normalized spacial score (nSPS) is 23.2. The minimum atomic E-state index is -1.19. The van der Waals surface area contributed by atoms with Gasteiger partial charge < -0.3 is 19.9 Å². The van der Waals surface area contributed by atoms with Crippen LogP contribution in [0.1, 0.15) is 27.2 Å². The highest BCUT2D eigenvalue weighted by atomic mass is 16.6. The lowest BCUT2D eigenvalue weighted by atomic mass is 10.1. The standard InChI is InChI=1S/C12H19NO6/c1-12(2,3)19-11(17)13-8(9(14)15)6-5-7(6)10(16)18-4/h6-8H,5H2,1-4H3,(H,13,17)(H,14,15)/t6-,7-,8?/m1/s1. The van der Waals surface area contributed by atoms with Crippen molar-refractivity contribution in [1.82, 2.24) is 5.32 Å². The Bertz CT molecular complexity index is 386. The zero-order valence-corrected chi connectivity index (χ0v) is 11.4. The largest absolute Gasteiger partial charge is 0.480 e. The molecular formula is C12H19NO6. The van der Waals surface area contributed by atoms with Crippen LogP contribution in [-0.4, -0.2) is 41.9 Å². The minimum Gasteiger partial charge on any atom is -0.480 e. The first-order chi connectivity index (χ1) is 8.65. The van der Waals surface area contributed by atoms with Crippen LogP contribution in [0.15, 0.2) is 0 Å². The third kappa shape index (κ3) is 4.42. The van der Waals surface area contributed by atoms with E-state index in [-0.39, 0.29) is 0 Å². The third-order valence-corrected chi connectivity index (χ3v) is 2.71. The molecule has 0 aliphatic heterocycles. The predicted molar refractivity (Wildman–Crippen MR) is 64.4 cm³/mol. The van der Waals surface area contributed by atoms with E-state index in [1.165, 1.54) is 7.11 Å². The SMILES string of the molecule is COC(=O)[C@@H]1C[C@H]1C(NC(=O)OC(C)(C)C)C(=O)O. The second-order valence-corrected chi connectivity index (χ2v) is 5.49. The number of methoxy groups -OCH3 is 1. The lowest BCUT2D eigenvalue weighted by Crippen LogP contribution is -2.45. The summed E-state index contributed by atoms with van der Waals surface area (Å²) in [5.41, 5.74) is -0.710. The summed E-state index contributed by atoms with van der Waals surface area (Å²) in [4.78, 5) is 33.9. The number of carbonyl (C=O) groups is 3. The van der Waals surface area contributed by atoms with Gasteiger partial charge in [-0.25, -0.2) is 9.59 Å². The molecule has 7 nitrogen and oxygen atoms in total. The molecule has 0 bridgehead atoms. The van der Waals surface area contributed by atoms with Crippen molar-refractivity contribution in [2.75, 3.05) is 7.11 Å². The fourth-order valence-electron chi connectivity index (χ4n) is 1.79. The molecule has 0 spiro atoms. The fourth-order valence-corrected chi connectivity index (χ4v) is 1.79. The van der Waals surface area contributed by atoms with Gasteiger partial charge in [0.05, 0.1) is 13.0 Å². The van der Waals surface area contributed by atoms with Crippen LogP contribution in [0, 0.1) is 11.8 Å². The number of carboxylic acids is 1. The Morgan fingerprint density at radius 3 is 2.32 bits per heavy atom. The Morgan fingerprint density at radius 1 is 1.32 bits per heavy atom. The molecule has 1 rings (SSSR count). The van der Waals surface area contributed by atoms with Gasteiger partial charge in [0.2, 0.25) is 0 Å². The van der Waals surface area contributed by atoms with Crippen molar-refractivity contribution < 1.29 is 29.0 Å². The van der Waals surface area contributed by atoms with Gasteiger partial charge in [-0.3, -0.25) is 4.79 Å². The van der Waals surface area contributed by atoms with Crippen LogP contribution in [-0.2, 0) is 19.1 Å². The molecule has 19 heavy (non-hydrogen) atoms. The van der Waals surface area contributed by atoms with Crippen molar-refractivity contribution in [2.24, 2.45) is 11.8 Å². The van der Waals surface area contributed by atoms with Gasteiger partial charge in [0.15, 0.2) is 0 Å². The average Bonchev–Trinajstić information content (AvgIpc) is 3.01. The van der Waals surface area contributed by atoms with E-state index in [0.717, 1.165) is 0 Å². The minimum absolute atomic E-state index is 0.388. The van der Waals surface area contributed by atoms with Crippen molar-refractivity contribution in [3.05, 3.63) is 0 Å². The second-order valence-electron chi connectivity index (χ2n) is 5.49. The average molecular weight is 273 g/mol. The van der Waals surface area contributed by atoms with Crippen LogP contribution >= 0.6 is 0 Å². The number of rotatable bonds is 4. The number of amides is 1. The number of hydrogen-bond acceptors (Lipinski definition) is 5. The molecule has 1 aliphatic carbocycles. The number of ether oxygens (including phenoxy) is 2. The molecule has 3 atom stereocenters. The Balaban J connectivity index is 2.59. The summed E-state index contributed by atoms with van der Waals surface area (Å²) >= 11 is 0. The summed E-state index contributed by atoms with van der Waals surface area (Å²) in [5.74, 6) is -2.57. The van der Waals surface area contributed by atoms with Gasteiger partial charge in [-0.2, -0.15) is 0 Å². The lowest BCUT2D eigenvalue weighted by molar-refractivity contribution is -0.143. The van der Waals surface area contributed by atoms with Crippen molar-refractivity contribution in [2.45, 2.75) is 38.8 Å². The van der Waals surface area contributed by atoms with E-state index in [2.05, 4.69) is 10.1 Å². The zero-order chi connectivity index (χ0) is 14.8. The Hall–Kier alpha value is -1.79. The van der Waals surface area contributed by atoms with Crippen molar-refractivity contribution in [3.63, 3.8) is 0 Å². The van der Waals surface area contributed by atoms with Gasteiger partial charge in [0.1, 0.15) is 11.6 Å². The maximum Gasteiger partial charge on any atom is 0.408 e. The first kappa shape index (κ1) is 15.3. The molecule has 1 saturated carbocycles. The van der Waals surface area contributed by atoms with E-state index in [4.69, 9.17) is 9.84 Å². The number of nitrogens with one attached hydrogen (secondary N) is 1. The molecule has 0 aromatic heterocycles. The molecule has 0 aromatic rings. The van der Waals surface area contributed by atoms with Gasteiger partial charge in [-0.05, 0) is 27.2 Å². The molecule has 7 heteroatoms. The summed E-state index contributed by atoms with van der Waals surface area (Å²) in [5, 5.41) is 11.4. The summed E-state index contributed by atoms with van der Waals surface area (Å²) in [6.45, 7) is 5.03. The molecule has 108 valence electrons. The molecule has 0 heterocycles. The van der Waals surface area contributed by atoms with E-state index < -0.39 is 41.5 Å². The predicted octanol–water partition coefficient (Wildman–Crippen LogP) is 0.773. The molecule has 0 radical (unpaired) electrons. The van der Waals surface area contributed by atoms with Crippen LogP contribution < -0.4 is 5.32 Å². The van der Waals surface area contributed by atoms with Crippen molar-refractivity contribution in [1.29, 1.82) is 0 Å². The topological polar surface area (TPSA) is 102 Å². The monoisotopic (exact) mass is 273 g/mol. The highest BCUT2D eigenvalue weighted by molar-refractivity contribution is 5.84. The quantitative estimate of drug-likeness (QED) is 0.734. The maximum atomic E-state index is 11.5. The lowest BCUT2D eigenvalue weighted by Gasteiger charge is -2.22. The Morgan fingerprint density at radius 2 is 1.89 bits per heavy atom. The molecule has 1 amide bonds. The molecule has 0 aromatic carbocycles. The number of hydrogen-bond donors (Lipinski definition) is 2. The molecule has 2 N–H and O–H groups in total. The molecule has 0 saturated heterocycles. The van der Waals surface area contributed by atoms with E-state index >= 15 is 0 Å². The maximum absolute atomic E-state index is 11.5. The van der Waals surface area contributed by atoms with Gasteiger partial charge in [0, 0.05) is 5.92 Å². The van der Waals surface area contributed by atoms with Crippen LogP contribution in [0.25, 0.3) is 0 Å². The second kappa shape index (κ2) is 5.46. The van der Waals surface area contributed by atoms with Gasteiger partial charge in [0.25, 0.3) is 0 Å². The van der Waals surface area contributed by atoms with Crippen molar-refractivity contribution in [3.8, 4) is 0 Å². The highest BCUT2D eigenvalue weighted by Crippen LogP contribution is 2.42. The van der Waals surface area contributed by atoms with E-state index in [9.17, 15) is 14.4 Å². The smallest absolute Gasteiger partial charge is 0.408 e. The Kier molecular flexibility index (Phi) is 4.39.